The van der Waals surface area contributed by atoms with Crippen molar-refractivity contribution in [2.24, 2.45) is 0 Å². The Kier molecular flexibility index (Phi) is 4.01. The van der Waals surface area contributed by atoms with E-state index < -0.39 is 0 Å². The highest BCUT2D eigenvalue weighted by molar-refractivity contribution is 5.68. The fourth-order valence-electron chi connectivity index (χ4n) is 3.62. The third-order valence-electron chi connectivity index (χ3n) is 5.00. The first kappa shape index (κ1) is 17.4. The summed E-state index contributed by atoms with van der Waals surface area (Å²) in [7, 11) is 0. The van der Waals surface area contributed by atoms with Crippen molar-refractivity contribution in [1.82, 2.24) is 29.5 Å². The van der Waals surface area contributed by atoms with Gasteiger partial charge in [-0.3, -0.25) is 4.68 Å². The topological polar surface area (TPSA) is 96.7 Å². The molecular formula is C20H18FN7O. The van der Waals surface area contributed by atoms with Gasteiger partial charge in [-0.15, -0.1) is 0 Å². The molecule has 3 aromatic heterocycles. The molecule has 9 heteroatoms. The van der Waals surface area contributed by atoms with E-state index >= 15 is 0 Å². The number of aryl methyl sites for hydroxylation is 1. The Hall–Kier alpha value is -3.75. The second kappa shape index (κ2) is 6.69. The van der Waals surface area contributed by atoms with Crippen molar-refractivity contribution in [3.63, 3.8) is 0 Å². The van der Waals surface area contributed by atoms with Gasteiger partial charge in [-0.2, -0.15) is 10.2 Å². The van der Waals surface area contributed by atoms with E-state index in [1.54, 1.807) is 16.9 Å². The number of benzene rings is 1. The predicted molar refractivity (Wildman–Crippen MR) is 104 cm³/mol. The molecule has 0 amide bonds. The van der Waals surface area contributed by atoms with Crippen LogP contribution in [0.1, 0.15) is 18.1 Å². The van der Waals surface area contributed by atoms with Gasteiger partial charge in [0.15, 0.2) is 17.4 Å². The van der Waals surface area contributed by atoms with Crippen LogP contribution in [0.15, 0.2) is 43.0 Å². The molecule has 29 heavy (non-hydrogen) atoms. The molecule has 0 aliphatic carbocycles. The summed E-state index contributed by atoms with van der Waals surface area (Å²) < 4.78 is 23.6. The molecule has 146 valence electrons. The Bertz CT molecular complexity index is 1210. The van der Waals surface area contributed by atoms with Crippen molar-refractivity contribution < 1.29 is 9.13 Å². The number of pyridine rings is 1. The van der Waals surface area contributed by atoms with Crippen LogP contribution in [0.3, 0.4) is 0 Å². The van der Waals surface area contributed by atoms with Gasteiger partial charge in [0.2, 0.25) is 0 Å². The van der Waals surface area contributed by atoms with E-state index in [0.29, 0.717) is 30.2 Å². The third-order valence-corrected chi connectivity index (χ3v) is 5.00. The summed E-state index contributed by atoms with van der Waals surface area (Å²) in [5.74, 6) is 0.997. The minimum Gasteiger partial charge on any atom is -0.485 e. The molecule has 0 saturated carbocycles. The average Bonchev–Trinajstić information content (AvgIpc) is 3.34. The Morgan fingerprint density at radius 1 is 1.14 bits per heavy atom. The normalized spacial score (nSPS) is 12.8. The molecule has 1 aliphatic heterocycles. The van der Waals surface area contributed by atoms with Crippen LogP contribution >= 0.6 is 0 Å². The van der Waals surface area contributed by atoms with Crippen LogP contribution in [0.25, 0.3) is 22.6 Å². The minimum absolute atomic E-state index is 0.120. The highest BCUT2D eigenvalue weighted by atomic mass is 19.1. The molecule has 8 nitrogen and oxygen atoms in total. The number of aromatic nitrogens is 6. The van der Waals surface area contributed by atoms with E-state index in [9.17, 15) is 4.39 Å². The van der Waals surface area contributed by atoms with Gasteiger partial charge in [0.05, 0.1) is 18.4 Å². The number of hydrogen-bond donors (Lipinski definition) is 1. The molecule has 0 unspecified atom stereocenters. The number of ether oxygens (including phenoxy) is 1. The van der Waals surface area contributed by atoms with E-state index in [1.165, 1.54) is 18.5 Å². The Labute approximate surface area is 165 Å². The largest absolute Gasteiger partial charge is 0.485 e. The van der Waals surface area contributed by atoms with Crippen LogP contribution in [0.2, 0.25) is 0 Å². The lowest BCUT2D eigenvalue weighted by Crippen LogP contribution is -2.10. The smallest absolute Gasteiger partial charge is 0.166 e. The molecule has 0 saturated heterocycles. The Balaban J connectivity index is 1.76. The summed E-state index contributed by atoms with van der Waals surface area (Å²) in [6, 6.07) is 6.38. The number of nitrogen functional groups attached to an aromatic ring is 1. The molecule has 0 spiro atoms. The van der Waals surface area contributed by atoms with Crippen LogP contribution in [0.4, 0.5) is 10.2 Å². The first-order valence-electron chi connectivity index (χ1n) is 9.24. The quantitative estimate of drug-likeness (QED) is 0.536. The third kappa shape index (κ3) is 2.91. The fourth-order valence-corrected chi connectivity index (χ4v) is 3.62. The molecule has 2 N–H and O–H groups in total. The van der Waals surface area contributed by atoms with Crippen molar-refractivity contribution in [2.75, 3.05) is 5.73 Å². The monoisotopic (exact) mass is 391 g/mol. The first-order chi connectivity index (χ1) is 14.1. The van der Waals surface area contributed by atoms with E-state index in [0.717, 1.165) is 22.4 Å². The van der Waals surface area contributed by atoms with Crippen molar-refractivity contribution in [2.45, 2.75) is 26.6 Å². The number of hydrogen-bond acceptors (Lipinski definition) is 6. The summed E-state index contributed by atoms with van der Waals surface area (Å²) in [6.07, 6.45) is 5.02. The Morgan fingerprint density at radius 2 is 2.03 bits per heavy atom. The maximum Gasteiger partial charge on any atom is 0.166 e. The second-order valence-electron chi connectivity index (χ2n) is 6.77. The molecule has 4 heterocycles. The number of nitrogens with zero attached hydrogens (tertiary/aromatic N) is 6. The highest BCUT2D eigenvalue weighted by Gasteiger charge is 2.20. The molecule has 0 atom stereocenters. The van der Waals surface area contributed by atoms with Gasteiger partial charge in [-0.1, -0.05) is 0 Å². The number of halogens is 1. The van der Waals surface area contributed by atoms with Gasteiger partial charge >= 0.3 is 0 Å². The zero-order chi connectivity index (χ0) is 20.0. The van der Waals surface area contributed by atoms with Crippen molar-refractivity contribution in [3.8, 4) is 28.4 Å². The highest BCUT2D eigenvalue weighted by Crippen LogP contribution is 2.33. The molecular weight excluding hydrogens is 373 g/mol. The summed E-state index contributed by atoms with van der Waals surface area (Å²) in [6.45, 7) is 3.30. The van der Waals surface area contributed by atoms with Crippen LogP contribution in [-0.4, -0.2) is 29.5 Å². The van der Waals surface area contributed by atoms with Crippen molar-refractivity contribution in [3.05, 3.63) is 59.9 Å². The lowest BCUT2D eigenvalue weighted by Gasteiger charge is -2.16. The van der Waals surface area contributed by atoms with Gasteiger partial charge in [-0.05, 0) is 31.2 Å². The van der Waals surface area contributed by atoms with E-state index in [-0.39, 0.29) is 18.2 Å². The van der Waals surface area contributed by atoms with Gasteiger partial charge in [0.25, 0.3) is 0 Å². The summed E-state index contributed by atoms with van der Waals surface area (Å²) in [5.41, 5.74) is 10.1. The predicted octanol–water partition coefficient (Wildman–Crippen LogP) is 2.89. The maximum absolute atomic E-state index is 13.9. The van der Waals surface area contributed by atoms with Crippen LogP contribution in [0, 0.1) is 5.82 Å². The van der Waals surface area contributed by atoms with Crippen LogP contribution in [0.5, 0.6) is 5.75 Å². The lowest BCUT2D eigenvalue weighted by atomic mass is 10.1. The second-order valence-corrected chi connectivity index (χ2v) is 6.77. The average molecular weight is 391 g/mol. The molecule has 2 bridgehead atoms. The van der Waals surface area contributed by atoms with Gasteiger partial charge in [-0.25, -0.2) is 19.0 Å². The standard InChI is InChI=1S/C20H18FN7O/c1-2-27-18-12-6-17(19(22)23-7-12)29-10-13-5-15(21)3-4-16(13)20-24-11-26-28(20)9-14(18)8-25-27/h3-8,11H,2,9-10H2,1H3,(H2,22,23). The van der Waals surface area contributed by atoms with Crippen molar-refractivity contribution >= 4 is 5.82 Å². The van der Waals surface area contributed by atoms with Gasteiger partial charge in [0, 0.05) is 35.0 Å². The number of nitrogens with two attached hydrogens (primary N) is 1. The van der Waals surface area contributed by atoms with E-state index in [4.69, 9.17) is 10.5 Å². The van der Waals surface area contributed by atoms with Crippen LogP contribution in [-0.2, 0) is 19.7 Å². The zero-order valence-electron chi connectivity index (χ0n) is 15.7. The molecule has 0 fully saturated rings. The molecule has 5 rings (SSSR count). The molecule has 0 radical (unpaired) electrons. The van der Waals surface area contributed by atoms with Gasteiger partial charge < -0.3 is 10.5 Å². The zero-order valence-corrected chi connectivity index (χ0v) is 15.7. The van der Waals surface area contributed by atoms with Crippen molar-refractivity contribution in [1.29, 1.82) is 0 Å². The molecule has 4 aromatic rings. The first-order valence-corrected chi connectivity index (χ1v) is 9.24. The lowest BCUT2D eigenvalue weighted by molar-refractivity contribution is 0.307. The fraction of sp³-hybridized carbons (Fsp3) is 0.200. The Morgan fingerprint density at radius 3 is 2.90 bits per heavy atom. The maximum atomic E-state index is 13.9. The SMILES string of the molecule is CCn1ncc2c1-c1cnc(N)c(c1)OCc1cc(F)ccc1-c1ncnn1C2. The minimum atomic E-state index is -0.350. The number of rotatable bonds is 1. The number of anilines is 1. The van der Waals surface area contributed by atoms with E-state index in [2.05, 4.69) is 20.2 Å². The van der Waals surface area contributed by atoms with E-state index in [1.807, 2.05) is 23.9 Å². The van der Waals surface area contributed by atoms with Crippen LogP contribution < -0.4 is 10.5 Å². The molecule has 1 aromatic carbocycles. The summed E-state index contributed by atoms with van der Waals surface area (Å²) in [4.78, 5) is 8.71. The number of fused-ring (bicyclic) bond motifs is 7. The molecule has 1 aliphatic rings. The summed E-state index contributed by atoms with van der Waals surface area (Å²) in [5, 5.41) is 8.89. The van der Waals surface area contributed by atoms with Gasteiger partial charge in [0.1, 0.15) is 18.8 Å². The summed E-state index contributed by atoms with van der Waals surface area (Å²) >= 11 is 0.